The Bertz CT molecular complexity index is 578. The van der Waals surface area contributed by atoms with Gasteiger partial charge in [-0.3, -0.25) is 4.98 Å². The van der Waals surface area contributed by atoms with Crippen molar-refractivity contribution in [3.05, 3.63) is 33.0 Å². The molecule has 0 atom stereocenters. The zero-order valence-corrected chi connectivity index (χ0v) is 12.0. The summed E-state index contributed by atoms with van der Waals surface area (Å²) in [6, 6.07) is 6.43. The molecule has 0 unspecified atom stereocenters. The minimum absolute atomic E-state index is 0.969. The Hall–Kier alpha value is -0.840. The minimum atomic E-state index is 0.969. The van der Waals surface area contributed by atoms with E-state index in [1.165, 1.54) is 38.7 Å². The predicted octanol–water partition coefficient (Wildman–Crippen LogP) is 3.76. The van der Waals surface area contributed by atoms with Crippen LogP contribution in [0.25, 0.3) is 10.9 Å². The van der Waals surface area contributed by atoms with Gasteiger partial charge in [-0.1, -0.05) is 12.1 Å². The van der Waals surface area contributed by atoms with E-state index in [2.05, 4.69) is 53.0 Å². The summed E-state index contributed by atoms with van der Waals surface area (Å²) in [5.74, 6) is 0. The number of aryl methyl sites for hydroxylation is 1. The number of benzene rings is 1. The van der Waals surface area contributed by atoms with Gasteiger partial charge >= 0.3 is 0 Å². The molecule has 2 nitrogen and oxygen atoms in total. The Morgan fingerprint density at radius 2 is 2.24 bits per heavy atom. The number of fused-ring (bicyclic) bond motifs is 2. The molecule has 3 rings (SSSR count). The summed E-state index contributed by atoms with van der Waals surface area (Å²) >= 11 is 2.38. The molecular weight excluding hydrogens is 323 g/mol. The lowest BCUT2D eigenvalue weighted by molar-refractivity contribution is 0.901. The van der Waals surface area contributed by atoms with E-state index in [-0.39, 0.29) is 0 Å². The van der Waals surface area contributed by atoms with Crippen LogP contribution >= 0.6 is 22.6 Å². The molecule has 0 amide bonds. The molecule has 1 aromatic heterocycles. The van der Waals surface area contributed by atoms with Crippen molar-refractivity contribution in [1.82, 2.24) is 4.98 Å². The van der Waals surface area contributed by atoms with Crippen molar-refractivity contribution in [2.75, 3.05) is 11.9 Å². The van der Waals surface area contributed by atoms with Crippen LogP contribution in [0.1, 0.15) is 24.6 Å². The molecule has 17 heavy (non-hydrogen) atoms. The Labute approximate surface area is 115 Å². The Kier molecular flexibility index (Phi) is 2.94. The van der Waals surface area contributed by atoms with Gasteiger partial charge in [-0.05, 0) is 60.4 Å². The van der Waals surface area contributed by atoms with Gasteiger partial charge in [0.15, 0.2) is 0 Å². The van der Waals surface area contributed by atoms with Crippen molar-refractivity contribution in [3.8, 4) is 0 Å². The highest BCUT2D eigenvalue weighted by molar-refractivity contribution is 14.1. The molecule has 1 aliphatic rings. The third-order valence-corrected chi connectivity index (χ3v) is 4.22. The average Bonchev–Trinajstić information content (AvgIpc) is 2.78. The number of aromatic nitrogens is 1. The molecule has 0 bridgehead atoms. The Balaban J connectivity index is 2.36. The third-order valence-electron chi connectivity index (χ3n) is 3.35. The second kappa shape index (κ2) is 4.44. The van der Waals surface area contributed by atoms with E-state index in [1.807, 2.05) is 0 Å². The highest BCUT2D eigenvalue weighted by Crippen LogP contribution is 2.35. The van der Waals surface area contributed by atoms with Crippen LogP contribution in [0.5, 0.6) is 0 Å². The molecule has 0 saturated carbocycles. The lowest BCUT2D eigenvalue weighted by Crippen LogP contribution is -2.04. The van der Waals surface area contributed by atoms with Crippen molar-refractivity contribution >= 4 is 39.2 Å². The molecule has 88 valence electrons. The van der Waals surface area contributed by atoms with Crippen LogP contribution in [0.15, 0.2) is 18.2 Å². The summed E-state index contributed by atoms with van der Waals surface area (Å²) in [7, 11) is 0. The molecule has 0 fully saturated rings. The summed E-state index contributed by atoms with van der Waals surface area (Å²) in [6.07, 6.45) is 3.55. The number of hydrogen-bond donors (Lipinski definition) is 1. The smallest absolute Gasteiger partial charge is 0.0859 e. The maximum absolute atomic E-state index is 4.85. The zero-order chi connectivity index (χ0) is 11.8. The molecule has 0 radical (unpaired) electrons. The van der Waals surface area contributed by atoms with E-state index >= 15 is 0 Å². The number of anilines is 1. The summed E-state index contributed by atoms with van der Waals surface area (Å²) in [4.78, 5) is 4.85. The number of rotatable bonds is 2. The standard InChI is InChI=1S/C14H15IN2/c1-2-16-13-9-5-4-8-12(9)17-14-10(13)6-3-7-11(14)15/h3,6-7H,2,4-5,8H2,1H3,(H,16,17). The average molecular weight is 338 g/mol. The van der Waals surface area contributed by atoms with Gasteiger partial charge in [0.25, 0.3) is 0 Å². The number of nitrogens with one attached hydrogen (secondary N) is 1. The molecular formula is C14H15IN2. The van der Waals surface area contributed by atoms with E-state index < -0.39 is 0 Å². The van der Waals surface area contributed by atoms with Gasteiger partial charge in [-0.25, -0.2) is 0 Å². The first-order valence-electron chi connectivity index (χ1n) is 6.15. The van der Waals surface area contributed by atoms with Crippen LogP contribution in [0.4, 0.5) is 5.69 Å². The second-order valence-corrected chi connectivity index (χ2v) is 5.59. The molecule has 0 saturated heterocycles. The van der Waals surface area contributed by atoms with E-state index in [9.17, 15) is 0 Å². The fourth-order valence-corrected chi connectivity index (χ4v) is 3.25. The van der Waals surface area contributed by atoms with Gasteiger partial charge in [-0.15, -0.1) is 0 Å². The van der Waals surface area contributed by atoms with Gasteiger partial charge in [0.2, 0.25) is 0 Å². The van der Waals surface area contributed by atoms with Crippen LogP contribution in [0.3, 0.4) is 0 Å². The predicted molar refractivity (Wildman–Crippen MR) is 80.6 cm³/mol. The van der Waals surface area contributed by atoms with E-state index in [4.69, 9.17) is 4.98 Å². The van der Waals surface area contributed by atoms with Gasteiger partial charge in [0, 0.05) is 26.9 Å². The molecule has 1 heterocycles. The lowest BCUT2D eigenvalue weighted by atomic mass is 10.1. The summed E-state index contributed by atoms with van der Waals surface area (Å²) in [5, 5.41) is 4.81. The van der Waals surface area contributed by atoms with E-state index in [1.54, 1.807) is 0 Å². The molecule has 0 aliphatic heterocycles. The number of nitrogens with zero attached hydrogens (tertiary/aromatic N) is 1. The number of para-hydroxylation sites is 1. The van der Waals surface area contributed by atoms with Crippen molar-refractivity contribution in [1.29, 1.82) is 0 Å². The summed E-state index contributed by atoms with van der Waals surface area (Å²) in [6.45, 7) is 3.12. The molecule has 2 aromatic rings. The summed E-state index contributed by atoms with van der Waals surface area (Å²) in [5.41, 5.74) is 5.23. The van der Waals surface area contributed by atoms with Crippen molar-refractivity contribution in [2.45, 2.75) is 26.2 Å². The SMILES string of the molecule is CCNc1c2c(nc3c(I)cccc13)CCC2. The lowest BCUT2D eigenvalue weighted by Gasteiger charge is -2.14. The van der Waals surface area contributed by atoms with Crippen LogP contribution in [0.2, 0.25) is 0 Å². The molecule has 3 heteroatoms. The highest BCUT2D eigenvalue weighted by Gasteiger charge is 2.19. The largest absolute Gasteiger partial charge is 0.384 e. The molecule has 1 aliphatic carbocycles. The topological polar surface area (TPSA) is 24.9 Å². The number of halogens is 1. The normalized spacial score (nSPS) is 14.0. The van der Waals surface area contributed by atoms with Crippen LogP contribution in [0, 0.1) is 3.57 Å². The first-order valence-corrected chi connectivity index (χ1v) is 7.23. The monoisotopic (exact) mass is 338 g/mol. The highest BCUT2D eigenvalue weighted by atomic mass is 127. The fraction of sp³-hybridized carbons (Fsp3) is 0.357. The van der Waals surface area contributed by atoms with E-state index in [0.717, 1.165) is 18.5 Å². The van der Waals surface area contributed by atoms with Gasteiger partial charge in [0.05, 0.1) is 5.52 Å². The Morgan fingerprint density at radius 3 is 3.06 bits per heavy atom. The van der Waals surface area contributed by atoms with Gasteiger partial charge in [-0.2, -0.15) is 0 Å². The fourth-order valence-electron chi connectivity index (χ4n) is 2.63. The summed E-state index contributed by atoms with van der Waals surface area (Å²) < 4.78 is 1.24. The maximum Gasteiger partial charge on any atom is 0.0859 e. The third kappa shape index (κ3) is 1.80. The molecule has 0 spiro atoms. The van der Waals surface area contributed by atoms with Gasteiger partial charge < -0.3 is 5.32 Å². The van der Waals surface area contributed by atoms with Crippen molar-refractivity contribution < 1.29 is 0 Å². The first kappa shape index (κ1) is 11.3. The minimum Gasteiger partial charge on any atom is -0.384 e. The molecule has 1 N–H and O–H groups in total. The molecule has 1 aromatic carbocycles. The quantitative estimate of drug-likeness (QED) is 0.844. The van der Waals surface area contributed by atoms with Crippen LogP contribution in [-0.2, 0) is 12.8 Å². The zero-order valence-electron chi connectivity index (χ0n) is 9.89. The van der Waals surface area contributed by atoms with Crippen LogP contribution < -0.4 is 5.32 Å². The first-order chi connectivity index (χ1) is 8.31. The van der Waals surface area contributed by atoms with E-state index in [0.29, 0.717) is 0 Å². The maximum atomic E-state index is 4.85. The van der Waals surface area contributed by atoms with Crippen molar-refractivity contribution in [2.24, 2.45) is 0 Å². The second-order valence-electron chi connectivity index (χ2n) is 4.43. The number of pyridine rings is 1. The van der Waals surface area contributed by atoms with Crippen LogP contribution in [-0.4, -0.2) is 11.5 Å². The van der Waals surface area contributed by atoms with Gasteiger partial charge in [0.1, 0.15) is 0 Å². The Morgan fingerprint density at radius 1 is 1.35 bits per heavy atom. The van der Waals surface area contributed by atoms with Crippen molar-refractivity contribution in [3.63, 3.8) is 0 Å². The number of hydrogen-bond acceptors (Lipinski definition) is 2.